The smallest absolute Gasteiger partial charge is 0.291 e. The molecule has 24 heavy (non-hydrogen) atoms. The Kier molecular flexibility index (Phi) is 3.63. The van der Waals surface area contributed by atoms with E-state index in [4.69, 9.17) is 9.15 Å². The average Bonchev–Trinajstić information content (AvgIpc) is 2.51. The molecule has 0 bridgehead atoms. The van der Waals surface area contributed by atoms with Crippen molar-refractivity contribution in [2.24, 2.45) is 17.3 Å². The zero-order valence-electron chi connectivity index (χ0n) is 16.0. The Balaban J connectivity index is 2.23. The highest BCUT2D eigenvalue weighted by atomic mass is 16.6. The van der Waals surface area contributed by atoms with Crippen LogP contribution in [0.25, 0.3) is 0 Å². The third-order valence-electron chi connectivity index (χ3n) is 6.70. The first-order chi connectivity index (χ1) is 11.1. The van der Waals surface area contributed by atoms with Crippen LogP contribution in [-0.4, -0.2) is 7.11 Å². The molecule has 1 fully saturated rings. The molecule has 2 aliphatic rings. The molecule has 0 spiro atoms. The van der Waals surface area contributed by atoms with Crippen LogP contribution in [0.1, 0.15) is 51.5 Å². The average molecular weight is 328 g/mol. The lowest BCUT2D eigenvalue weighted by Crippen LogP contribution is -2.64. The van der Waals surface area contributed by atoms with Crippen LogP contribution in [0.4, 0.5) is 0 Å². The van der Waals surface area contributed by atoms with E-state index in [0.29, 0.717) is 28.9 Å². The highest BCUT2D eigenvalue weighted by molar-refractivity contribution is 5.46. The number of fused-ring (bicyclic) bond motifs is 1. The Bertz CT molecular complexity index is 826. The van der Waals surface area contributed by atoms with Crippen molar-refractivity contribution in [2.45, 2.75) is 53.9 Å². The molecule has 0 amide bonds. The maximum absolute atomic E-state index is 12.7. The number of allylic oxidation sites excluding steroid dienone is 4. The van der Waals surface area contributed by atoms with Gasteiger partial charge < -0.3 is 9.15 Å². The summed E-state index contributed by atoms with van der Waals surface area (Å²) in [4.78, 5) is 12.7. The molecule has 0 N–H and O–H groups in total. The molecule has 1 aromatic rings. The Morgan fingerprint density at radius 2 is 1.75 bits per heavy atom. The van der Waals surface area contributed by atoms with E-state index in [-0.39, 0.29) is 16.3 Å². The van der Waals surface area contributed by atoms with E-state index in [1.165, 1.54) is 11.1 Å². The maximum Gasteiger partial charge on any atom is 0.291 e. The van der Waals surface area contributed by atoms with Crippen molar-refractivity contribution in [3.63, 3.8) is 0 Å². The molecule has 1 heterocycles. The molecular weight excluding hydrogens is 300 g/mol. The third-order valence-corrected chi connectivity index (χ3v) is 6.70. The van der Waals surface area contributed by atoms with Crippen molar-refractivity contribution in [2.75, 3.05) is 7.11 Å². The monoisotopic (exact) mass is 328 g/mol. The molecule has 0 radical (unpaired) electrons. The van der Waals surface area contributed by atoms with E-state index in [0.717, 1.165) is 5.76 Å². The van der Waals surface area contributed by atoms with Gasteiger partial charge in [-0.1, -0.05) is 44.1 Å². The van der Waals surface area contributed by atoms with Crippen molar-refractivity contribution in [1.29, 1.82) is 0 Å². The Morgan fingerprint density at radius 1 is 1.12 bits per heavy atom. The molecule has 3 nitrogen and oxygen atoms in total. The number of rotatable bonds is 2. The van der Waals surface area contributed by atoms with Gasteiger partial charge in [-0.2, -0.15) is 0 Å². The first-order valence-corrected chi connectivity index (χ1v) is 8.65. The van der Waals surface area contributed by atoms with Gasteiger partial charge in [-0.15, -0.1) is 0 Å². The van der Waals surface area contributed by atoms with E-state index >= 15 is 0 Å². The fourth-order valence-electron chi connectivity index (χ4n) is 5.60. The van der Waals surface area contributed by atoms with Crippen molar-refractivity contribution in [3.05, 3.63) is 50.4 Å². The van der Waals surface area contributed by atoms with Gasteiger partial charge in [-0.3, -0.25) is 4.79 Å². The van der Waals surface area contributed by atoms with Gasteiger partial charge in [0.1, 0.15) is 5.76 Å². The van der Waals surface area contributed by atoms with Gasteiger partial charge in [0.15, 0.2) is 5.43 Å². The van der Waals surface area contributed by atoms with Crippen molar-refractivity contribution in [1.82, 2.24) is 0 Å². The van der Waals surface area contributed by atoms with Gasteiger partial charge in [0.2, 0.25) is 0 Å². The first-order valence-electron chi connectivity index (χ1n) is 8.65. The van der Waals surface area contributed by atoms with E-state index < -0.39 is 0 Å². The molecule has 0 aliphatic heterocycles. The lowest BCUT2D eigenvalue weighted by Gasteiger charge is -2.66. The van der Waals surface area contributed by atoms with Gasteiger partial charge in [0, 0.05) is 16.9 Å². The zero-order valence-corrected chi connectivity index (χ0v) is 16.0. The second-order valence-corrected chi connectivity index (χ2v) is 8.08. The molecule has 0 saturated heterocycles. The minimum absolute atomic E-state index is 0.0271. The van der Waals surface area contributed by atoms with Crippen LogP contribution in [0.3, 0.4) is 0 Å². The molecule has 3 rings (SSSR count). The summed E-state index contributed by atoms with van der Waals surface area (Å²) in [5.41, 5.74) is 3.85. The first kappa shape index (κ1) is 17.1. The van der Waals surface area contributed by atoms with Gasteiger partial charge >= 0.3 is 0 Å². The van der Waals surface area contributed by atoms with Crippen LogP contribution in [-0.2, 0) is 5.41 Å². The number of methoxy groups -OCH3 is 1. The fourth-order valence-corrected chi connectivity index (χ4v) is 5.60. The summed E-state index contributed by atoms with van der Waals surface area (Å²) >= 11 is 0. The molecule has 130 valence electrons. The molecule has 4 unspecified atom stereocenters. The fraction of sp³-hybridized carbons (Fsp3) is 0.571. The lowest BCUT2D eigenvalue weighted by molar-refractivity contribution is -0.0785. The predicted octanol–water partition coefficient (Wildman–Crippen LogP) is 4.70. The van der Waals surface area contributed by atoms with Gasteiger partial charge in [0.25, 0.3) is 5.95 Å². The second-order valence-electron chi connectivity index (χ2n) is 8.08. The minimum Gasteiger partial charge on any atom is -0.468 e. The minimum atomic E-state index is -0.212. The zero-order chi connectivity index (χ0) is 18.0. The maximum atomic E-state index is 12.7. The van der Waals surface area contributed by atoms with Crippen LogP contribution in [0.15, 0.2) is 32.5 Å². The topological polar surface area (TPSA) is 39.4 Å². The van der Waals surface area contributed by atoms with Gasteiger partial charge in [-0.05, 0) is 39.0 Å². The third kappa shape index (κ3) is 1.87. The highest BCUT2D eigenvalue weighted by Gasteiger charge is 2.66. The van der Waals surface area contributed by atoms with Crippen LogP contribution in [0.2, 0.25) is 0 Å². The Morgan fingerprint density at radius 3 is 2.33 bits per heavy atom. The molecule has 3 heteroatoms. The molecule has 0 aromatic carbocycles. The summed E-state index contributed by atoms with van der Waals surface area (Å²) < 4.78 is 11.5. The SMILES string of the molecule is COc1oc(C2(C)C(C)C3(C)C=C(C)C=C(C)C32)c(C)c(=O)c1C. The number of ether oxygens (including phenoxy) is 1. The summed E-state index contributed by atoms with van der Waals surface area (Å²) in [7, 11) is 1.55. The van der Waals surface area contributed by atoms with Crippen LogP contribution < -0.4 is 10.2 Å². The second kappa shape index (κ2) is 5.11. The summed E-state index contributed by atoms with van der Waals surface area (Å²) in [6, 6.07) is 0. The normalized spacial score (nSPS) is 34.8. The Hall–Kier alpha value is -1.77. The summed E-state index contributed by atoms with van der Waals surface area (Å²) in [6.45, 7) is 14.8. The molecular formula is C21H28O3. The van der Waals surface area contributed by atoms with Crippen molar-refractivity contribution >= 4 is 0 Å². The number of hydrogen-bond acceptors (Lipinski definition) is 3. The lowest BCUT2D eigenvalue weighted by atomic mass is 9.37. The van der Waals surface area contributed by atoms with Gasteiger partial charge in [0.05, 0.1) is 12.7 Å². The van der Waals surface area contributed by atoms with Gasteiger partial charge in [-0.25, -0.2) is 0 Å². The van der Waals surface area contributed by atoms with Crippen molar-refractivity contribution < 1.29 is 9.15 Å². The van der Waals surface area contributed by atoms with E-state index in [2.05, 4.69) is 46.8 Å². The standard InChI is InChI=1S/C21H28O3/c1-11-9-12(2)17-20(6,10-11)15(5)21(17,7)18-13(3)16(22)14(4)19(23-8)24-18/h9-10,15,17H,1-8H3. The molecule has 2 aliphatic carbocycles. The van der Waals surface area contributed by atoms with E-state index in [1.54, 1.807) is 14.0 Å². The van der Waals surface area contributed by atoms with Crippen molar-refractivity contribution in [3.8, 4) is 5.95 Å². The van der Waals surface area contributed by atoms with Crippen LogP contribution >= 0.6 is 0 Å². The molecule has 1 aromatic heterocycles. The van der Waals surface area contributed by atoms with E-state index in [9.17, 15) is 4.79 Å². The summed E-state index contributed by atoms with van der Waals surface area (Å²) in [5.74, 6) is 1.82. The Labute approximate surface area is 144 Å². The largest absolute Gasteiger partial charge is 0.468 e. The molecule has 4 atom stereocenters. The van der Waals surface area contributed by atoms with E-state index in [1.807, 2.05) is 6.92 Å². The van der Waals surface area contributed by atoms with Crippen LogP contribution in [0, 0.1) is 31.1 Å². The predicted molar refractivity (Wildman–Crippen MR) is 96.6 cm³/mol. The quantitative estimate of drug-likeness (QED) is 0.790. The highest BCUT2D eigenvalue weighted by Crippen LogP contribution is 2.69. The van der Waals surface area contributed by atoms with Crippen LogP contribution in [0.5, 0.6) is 5.95 Å². The summed E-state index contributed by atoms with van der Waals surface area (Å²) in [5, 5.41) is 0. The number of hydrogen-bond donors (Lipinski definition) is 0. The molecule has 1 saturated carbocycles. The summed E-state index contributed by atoms with van der Waals surface area (Å²) in [6.07, 6.45) is 4.64.